The zero-order valence-electron chi connectivity index (χ0n) is 17.0. The zero-order chi connectivity index (χ0) is 21.2. The SMILES string of the molecule is COc1ccc(C(=O)NCCCNC(=O)c2ccc(OC)cc2OC)c(OC)c1. The molecule has 2 rings (SSSR count). The van der Waals surface area contributed by atoms with Gasteiger partial charge in [-0.3, -0.25) is 9.59 Å². The van der Waals surface area contributed by atoms with Gasteiger partial charge < -0.3 is 29.6 Å². The molecule has 0 radical (unpaired) electrons. The molecular weight excluding hydrogens is 376 g/mol. The third kappa shape index (κ3) is 5.78. The first-order chi connectivity index (χ1) is 14.0. The van der Waals surface area contributed by atoms with Crippen LogP contribution in [0.3, 0.4) is 0 Å². The van der Waals surface area contributed by atoms with E-state index in [4.69, 9.17) is 18.9 Å². The molecule has 0 fully saturated rings. The number of nitrogens with one attached hydrogen (secondary N) is 2. The van der Waals surface area contributed by atoms with Crippen LogP contribution in [0.25, 0.3) is 0 Å². The minimum atomic E-state index is -0.257. The maximum absolute atomic E-state index is 12.3. The molecule has 2 amide bonds. The van der Waals surface area contributed by atoms with Crippen molar-refractivity contribution < 1.29 is 28.5 Å². The van der Waals surface area contributed by atoms with E-state index in [1.54, 1.807) is 50.6 Å². The molecule has 0 aliphatic carbocycles. The van der Waals surface area contributed by atoms with Gasteiger partial charge in [0.05, 0.1) is 39.6 Å². The summed E-state index contributed by atoms with van der Waals surface area (Å²) in [6.45, 7) is 0.794. The second-order valence-electron chi connectivity index (χ2n) is 6.00. The van der Waals surface area contributed by atoms with Gasteiger partial charge in [0.25, 0.3) is 11.8 Å². The minimum absolute atomic E-state index is 0.257. The van der Waals surface area contributed by atoms with Crippen LogP contribution in [-0.2, 0) is 0 Å². The van der Waals surface area contributed by atoms with E-state index in [0.717, 1.165) is 0 Å². The number of benzene rings is 2. The molecule has 29 heavy (non-hydrogen) atoms. The molecule has 156 valence electrons. The first kappa shape index (κ1) is 21.9. The average Bonchev–Trinajstić information content (AvgIpc) is 2.77. The van der Waals surface area contributed by atoms with Gasteiger partial charge in [-0.25, -0.2) is 0 Å². The summed E-state index contributed by atoms with van der Waals surface area (Å²) in [5, 5.41) is 5.62. The highest BCUT2D eigenvalue weighted by molar-refractivity contribution is 5.97. The van der Waals surface area contributed by atoms with Crippen LogP contribution < -0.4 is 29.6 Å². The number of carbonyl (C=O) groups excluding carboxylic acids is 2. The van der Waals surface area contributed by atoms with Crippen molar-refractivity contribution in [3.05, 3.63) is 47.5 Å². The Morgan fingerprint density at radius 1 is 0.690 bits per heavy atom. The van der Waals surface area contributed by atoms with Crippen LogP contribution in [-0.4, -0.2) is 53.3 Å². The molecule has 0 aliphatic heterocycles. The Morgan fingerprint density at radius 3 is 1.45 bits per heavy atom. The number of hydrogen-bond acceptors (Lipinski definition) is 6. The van der Waals surface area contributed by atoms with Crippen LogP contribution in [0.1, 0.15) is 27.1 Å². The summed E-state index contributed by atoms with van der Waals surface area (Å²) in [6, 6.07) is 9.98. The van der Waals surface area contributed by atoms with Crippen LogP contribution in [0, 0.1) is 0 Å². The largest absolute Gasteiger partial charge is 0.497 e. The predicted octanol–water partition coefficient (Wildman–Crippen LogP) is 2.27. The molecular formula is C21H26N2O6. The molecule has 0 atom stereocenters. The first-order valence-electron chi connectivity index (χ1n) is 9.04. The molecule has 0 unspecified atom stereocenters. The van der Waals surface area contributed by atoms with Gasteiger partial charge in [0.15, 0.2) is 0 Å². The molecule has 8 heteroatoms. The third-order valence-electron chi connectivity index (χ3n) is 4.23. The van der Waals surface area contributed by atoms with Crippen molar-refractivity contribution in [2.45, 2.75) is 6.42 Å². The molecule has 2 aromatic rings. The van der Waals surface area contributed by atoms with Crippen molar-refractivity contribution in [2.24, 2.45) is 0 Å². The van der Waals surface area contributed by atoms with Crippen molar-refractivity contribution >= 4 is 11.8 Å². The fourth-order valence-corrected chi connectivity index (χ4v) is 2.65. The lowest BCUT2D eigenvalue weighted by molar-refractivity contribution is 0.0949. The maximum atomic E-state index is 12.3. The third-order valence-corrected chi connectivity index (χ3v) is 4.23. The lowest BCUT2D eigenvalue weighted by Gasteiger charge is -2.12. The van der Waals surface area contributed by atoms with Gasteiger partial charge in [0.1, 0.15) is 23.0 Å². The lowest BCUT2D eigenvalue weighted by atomic mass is 10.1. The van der Waals surface area contributed by atoms with Crippen molar-refractivity contribution in [1.82, 2.24) is 10.6 Å². The molecule has 0 aromatic heterocycles. The molecule has 0 saturated carbocycles. The first-order valence-corrected chi connectivity index (χ1v) is 9.04. The fourth-order valence-electron chi connectivity index (χ4n) is 2.65. The standard InChI is InChI=1S/C21H26N2O6/c1-26-14-6-8-16(18(12-14)28-3)20(24)22-10-5-11-23-21(25)17-9-7-15(27-2)13-19(17)29-4/h6-9,12-13H,5,10-11H2,1-4H3,(H,22,24)(H,23,25). The van der Waals surface area contributed by atoms with Gasteiger partial charge in [-0.2, -0.15) is 0 Å². The van der Waals surface area contributed by atoms with Gasteiger partial charge in [-0.1, -0.05) is 0 Å². The monoisotopic (exact) mass is 402 g/mol. The smallest absolute Gasteiger partial charge is 0.255 e. The number of carbonyl (C=O) groups is 2. The van der Waals surface area contributed by atoms with E-state index in [0.29, 0.717) is 53.6 Å². The van der Waals surface area contributed by atoms with E-state index in [1.807, 2.05) is 0 Å². The van der Waals surface area contributed by atoms with Crippen molar-refractivity contribution in [3.8, 4) is 23.0 Å². The van der Waals surface area contributed by atoms with Gasteiger partial charge in [-0.05, 0) is 30.7 Å². The lowest BCUT2D eigenvalue weighted by Crippen LogP contribution is -2.30. The normalized spacial score (nSPS) is 10.1. The minimum Gasteiger partial charge on any atom is -0.497 e. The summed E-state index contributed by atoms with van der Waals surface area (Å²) in [5.74, 6) is 1.56. The van der Waals surface area contributed by atoms with Crippen molar-refractivity contribution in [1.29, 1.82) is 0 Å². The highest BCUT2D eigenvalue weighted by atomic mass is 16.5. The Hall–Kier alpha value is -3.42. The van der Waals surface area contributed by atoms with E-state index in [-0.39, 0.29) is 11.8 Å². The van der Waals surface area contributed by atoms with Crippen molar-refractivity contribution in [2.75, 3.05) is 41.5 Å². The van der Waals surface area contributed by atoms with Gasteiger partial charge >= 0.3 is 0 Å². The topological polar surface area (TPSA) is 95.1 Å². The molecule has 0 heterocycles. The molecule has 0 bridgehead atoms. The van der Waals surface area contributed by atoms with Crippen LogP contribution >= 0.6 is 0 Å². The Morgan fingerprint density at radius 2 is 1.10 bits per heavy atom. The molecule has 0 spiro atoms. The highest BCUT2D eigenvalue weighted by Gasteiger charge is 2.14. The molecule has 0 aliphatic rings. The second kappa shape index (κ2) is 10.8. The Balaban J connectivity index is 1.82. The van der Waals surface area contributed by atoms with Crippen LogP contribution in [0.4, 0.5) is 0 Å². The average molecular weight is 402 g/mol. The predicted molar refractivity (Wildman–Crippen MR) is 108 cm³/mol. The quantitative estimate of drug-likeness (QED) is 0.592. The van der Waals surface area contributed by atoms with E-state index >= 15 is 0 Å². The van der Waals surface area contributed by atoms with Gasteiger partial charge in [0.2, 0.25) is 0 Å². The van der Waals surface area contributed by atoms with Crippen LogP contribution in [0.2, 0.25) is 0 Å². The second-order valence-corrected chi connectivity index (χ2v) is 6.00. The Labute approximate surface area is 170 Å². The van der Waals surface area contributed by atoms with E-state index in [2.05, 4.69) is 10.6 Å². The number of methoxy groups -OCH3 is 4. The van der Waals surface area contributed by atoms with Crippen LogP contribution in [0.15, 0.2) is 36.4 Å². The Kier molecular flexibility index (Phi) is 8.14. The molecule has 2 N–H and O–H groups in total. The summed E-state index contributed by atoms with van der Waals surface area (Å²) in [5.41, 5.74) is 0.834. The molecule has 0 saturated heterocycles. The summed E-state index contributed by atoms with van der Waals surface area (Å²) < 4.78 is 20.7. The molecule has 2 aromatic carbocycles. The number of hydrogen-bond donors (Lipinski definition) is 2. The summed E-state index contributed by atoms with van der Waals surface area (Å²) in [6.07, 6.45) is 0.564. The summed E-state index contributed by atoms with van der Waals surface area (Å²) in [7, 11) is 6.08. The Bertz CT molecular complexity index is 784. The number of amides is 2. The van der Waals surface area contributed by atoms with E-state index in [1.165, 1.54) is 14.2 Å². The zero-order valence-corrected chi connectivity index (χ0v) is 17.0. The van der Waals surface area contributed by atoms with E-state index < -0.39 is 0 Å². The number of rotatable bonds is 10. The van der Waals surface area contributed by atoms with Crippen molar-refractivity contribution in [3.63, 3.8) is 0 Å². The summed E-state index contributed by atoms with van der Waals surface area (Å²) in [4.78, 5) is 24.7. The fraction of sp³-hybridized carbons (Fsp3) is 0.333. The van der Waals surface area contributed by atoms with Gasteiger partial charge in [-0.15, -0.1) is 0 Å². The maximum Gasteiger partial charge on any atom is 0.255 e. The van der Waals surface area contributed by atoms with Crippen LogP contribution in [0.5, 0.6) is 23.0 Å². The number of ether oxygens (including phenoxy) is 4. The van der Waals surface area contributed by atoms with Gasteiger partial charge in [0, 0.05) is 25.2 Å². The summed E-state index contributed by atoms with van der Waals surface area (Å²) >= 11 is 0. The van der Waals surface area contributed by atoms with E-state index in [9.17, 15) is 9.59 Å². The molecule has 8 nitrogen and oxygen atoms in total. The highest BCUT2D eigenvalue weighted by Crippen LogP contribution is 2.25.